The first kappa shape index (κ1) is 8.50. The van der Waals surface area contributed by atoms with Crippen LogP contribution in [0.1, 0.15) is 6.42 Å². The molecule has 2 unspecified atom stereocenters. The van der Waals surface area contributed by atoms with Crippen LogP contribution >= 0.6 is 0 Å². The number of amides is 1. The fraction of sp³-hybridized carbons (Fsp3) is 0.750. The summed E-state index contributed by atoms with van der Waals surface area (Å²) in [5.74, 6) is -1.77. The topological polar surface area (TPSA) is 75.6 Å². The number of hydrogen-bond acceptors (Lipinski definition) is 3. The summed E-state index contributed by atoms with van der Waals surface area (Å²) in [4.78, 5) is 21.7. The first-order chi connectivity index (χ1) is 6.18. The zero-order valence-corrected chi connectivity index (χ0v) is 7.03. The van der Waals surface area contributed by atoms with Gasteiger partial charge in [-0.05, 0) is 6.42 Å². The molecule has 2 rings (SSSR count). The van der Waals surface area contributed by atoms with Crippen LogP contribution in [0, 0.1) is 11.8 Å². The van der Waals surface area contributed by atoms with Gasteiger partial charge >= 0.3 is 5.97 Å². The first-order valence-electron chi connectivity index (χ1n) is 4.29. The lowest BCUT2D eigenvalue weighted by atomic mass is 10.2. The highest BCUT2D eigenvalue weighted by atomic mass is 16.5. The number of rotatable bonds is 3. The summed E-state index contributed by atoms with van der Waals surface area (Å²) in [5.41, 5.74) is 0. The number of hydrogen-bond donors (Lipinski definition) is 2. The number of carboxylic acid groups (broad SMARTS) is 1. The molecular formula is C8H11NO4. The van der Waals surface area contributed by atoms with E-state index in [1.165, 1.54) is 0 Å². The molecule has 0 aromatic rings. The molecule has 2 aliphatic rings. The van der Waals surface area contributed by atoms with E-state index in [0.29, 0.717) is 19.6 Å². The Morgan fingerprint density at radius 1 is 1.31 bits per heavy atom. The average molecular weight is 185 g/mol. The summed E-state index contributed by atoms with van der Waals surface area (Å²) in [6, 6.07) is 0.0996. The number of carbonyl (C=O) groups excluding carboxylic acids is 1. The van der Waals surface area contributed by atoms with Gasteiger partial charge in [0.1, 0.15) is 0 Å². The molecular weight excluding hydrogens is 174 g/mol. The van der Waals surface area contributed by atoms with E-state index < -0.39 is 11.9 Å². The first-order valence-corrected chi connectivity index (χ1v) is 4.29. The summed E-state index contributed by atoms with van der Waals surface area (Å²) in [6.45, 7) is 1.10. The lowest BCUT2D eigenvalue weighted by Gasteiger charge is -2.26. The molecule has 2 fully saturated rings. The van der Waals surface area contributed by atoms with Crippen LogP contribution in [0.3, 0.4) is 0 Å². The van der Waals surface area contributed by atoms with E-state index in [2.05, 4.69) is 5.32 Å². The van der Waals surface area contributed by atoms with Crippen LogP contribution in [0.2, 0.25) is 0 Å². The maximum Gasteiger partial charge on any atom is 0.307 e. The second kappa shape index (κ2) is 2.99. The van der Waals surface area contributed by atoms with Gasteiger partial charge in [0.05, 0.1) is 31.1 Å². The standard InChI is InChI=1S/C8H11NO4/c10-7(9-4-2-13-3-4)5-1-6(5)8(11)12/h4-6H,1-3H2,(H,9,10)(H,11,12). The number of carboxylic acids is 1. The van der Waals surface area contributed by atoms with E-state index in [-0.39, 0.29) is 17.9 Å². The van der Waals surface area contributed by atoms with E-state index in [1.54, 1.807) is 0 Å². The quantitative estimate of drug-likeness (QED) is 0.605. The molecule has 0 radical (unpaired) electrons. The van der Waals surface area contributed by atoms with E-state index in [0.717, 1.165) is 0 Å². The van der Waals surface area contributed by atoms with Crippen LogP contribution in [-0.4, -0.2) is 36.2 Å². The van der Waals surface area contributed by atoms with Gasteiger partial charge in [-0.3, -0.25) is 9.59 Å². The van der Waals surface area contributed by atoms with Crippen molar-refractivity contribution < 1.29 is 19.4 Å². The van der Waals surface area contributed by atoms with Crippen LogP contribution in [0.25, 0.3) is 0 Å². The molecule has 2 atom stereocenters. The number of carbonyl (C=O) groups is 2. The lowest BCUT2D eigenvalue weighted by molar-refractivity contribution is -0.140. The molecule has 1 amide bonds. The summed E-state index contributed by atoms with van der Waals surface area (Å²) < 4.78 is 4.88. The average Bonchev–Trinajstić information content (AvgIpc) is 2.74. The van der Waals surface area contributed by atoms with Gasteiger partial charge in [0.2, 0.25) is 5.91 Å². The van der Waals surface area contributed by atoms with E-state index in [1.807, 2.05) is 0 Å². The van der Waals surface area contributed by atoms with E-state index >= 15 is 0 Å². The van der Waals surface area contributed by atoms with Crippen molar-refractivity contribution in [2.45, 2.75) is 12.5 Å². The maximum absolute atomic E-state index is 11.3. The van der Waals surface area contributed by atoms with Gasteiger partial charge in [0, 0.05) is 0 Å². The Morgan fingerprint density at radius 3 is 2.38 bits per heavy atom. The van der Waals surface area contributed by atoms with Crippen LogP contribution in [0.5, 0.6) is 0 Å². The number of nitrogens with one attached hydrogen (secondary N) is 1. The third-order valence-electron chi connectivity index (χ3n) is 2.43. The molecule has 13 heavy (non-hydrogen) atoms. The fourth-order valence-corrected chi connectivity index (χ4v) is 1.38. The largest absolute Gasteiger partial charge is 0.481 e. The minimum absolute atomic E-state index is 0.0996. The Morgan fingerprint density at radius 2 is 2.00 bits per heavy atom. The van der Waals surface area contributed by atoms with Crippen molar-refractivity contribution in [1.29, 1.82) is 0 Å². The highest BCUT2D eigenvalue weighted by Crippen LogP contribution is 2.38. The van der Waals surface area contributed by atoms with Crippen LogP contribution in [0.4, 0.5) is 0 Å². The van der Waals surface area contributed by atoms with Gasteiger partial charge in [0.25, 0.3) is 0 Å². The molecule has 0 bridgehead atoms. The predicted molar refractivity (Wildman–Crippen MR) is 42.0 cm³/mol. The second-order valence-corrected chi connectivity index (χ2v) is 3.53. The van der Waals surface area contributed by atoms with Crippen LogP contribution < -0.4 is 5.32 Å². The monoisotopic (exact) mass is 185 g/mol. The van der Waals surface area contributed by atoms with Gasteiger partial charge < -0.3 is 15.2 Å². The summed E-state index contributed by atoms with van der Waals surface area (Å²) in [6.07, 6.45) is 0.481. The minimum Gasteiger partial charge on any atom is -0.481 e. The predicted octanol–water partition coefficient (Wildman–Crippen LogP) is -0.778. The SMILES string of the molecule is O=C(O)C1CC1C(=O)NC1COC1. The van der Waals surface area contributed by atoms with Gasteiger partial charge in [-0.25, -0.2) is 0 Å². The molecule has 1 aliphatic carbocycles. The normalized spacial score (nSPS) is 32.0. The maximum atomic E-state index is 11.3. The number of aliphatic carboxylic acids is 1. The molecule has 0 aromatic heterocycles. The van der Waals surface area contributed by atoms with Crippen molar-refractivity contribution in [2.24, 2.45) is 11.8 Å². The molecule has 1 saturated heterocycles. The Hall–Kier alpha value is -1.10. The molecule has 72 valence electrons. The van der Waals surface area contributed by atoms with Gasteiger partial charge in [-0.2, -0.15) is 0 Å². The zero-order chi connectivity index (χ0) is 9.42. The lowest BCUT2D eigenvalue weighted by Crippen LogP contribution is -2.49. The van der Waals surface area contributed by atoms with Crippen LogP contribution in [0.15, 0.2) is 0 Å². The van der Waals surface area contributed by atoms with Gasteiger partial charge in [0.15, 0.2) is 0 Å². The third kappa shape index (κ3) is 1.65. The molecule has 2 N–H and O–H groups in total. The Balaban J connectivity index is 1.76. The highest BCUT2D eigenvalue weighted by molar-refractivity contribution is 5.89. The minimum atomic E-state index is -0.870. The molecule has 1 saturated carbocycles. The Bertz CT molecular complexity index is 249. The number of ether oxygens (including phenoxy) is 1. The molecule has 0 aromatic carbocycles. The van der Waals surface area contributed by atoms with Crippen molar-refractivity contribution in [2.75, 3.05) is 13.2 Å². The third-order valence-corrected chi connectivity index (χ3v) is 2.43. The Labute approximate surface area is 75.1 Å². The fourth-order valence-electron chi connectivity index (χ4n) is 1.38. The summed E-state index contributed by atoms with van der Waals surface area (Å²) in [7, 11) is 0. The van der Waals surface area contributed by atoms with Crippen LogP contribution in [-0.2, 0) is 14.3 Å². The molecule has 0 spiro atoms. The van der Waals surface area contributed by atoms with Gasteiger partial charge in [-0.1, -0.05) is 0 Å². The van der Waals surface area contributed by atoms with Crippen molar-refractivity contribution in [3.63, 3.8) is 0 Å². The van der Waals surface area contributed by atoms with Crippen molar-refractivity contribution in [3.05, 3.63) is 0 Å². The highest BCUT2D eigenvalue weighted by Gasteiger charge is 2.48. The van der Waals surface area contributed by atoms with Crippen molar-refractivity contribution in [3.8, 4) is 0 Å². The Kier molecular flexibility index (Phi) is 1.95. The van der Waals surface area contributed by atoms with Crippen molar-refractivity contribution in [1.82, 2.24) is 5.32 Å². The van der Waals surface area contributed by atoms with E-state index in [4.69, 9.17) is 9.84 Å². The molecule has 5 nitrogen and oxygen atoms in total. The molecule has 1 aliphatic heterocycles. The molecule has 5 heteroatoms. The van der Waals surface area contributed by atoms with Crippen molar-refractivity contribution >= 4 is 11.9 Å². The second-order valence-electron chi connectivity index (χ2n) is 3.53. The summed E-state index contributed by atoms with van der Waals surface area (Å²) >= 11 is 0. The molecule has 1 heterocycles. The van der Waals surface area contributed by atoms with Gasteiger partial charge in [-0.15, -0.1) is 0 Å². The zero-order valence-electron chi connectivity index (χ0n) is 7.03. The smallest absolute Gasteiger partial charge is 0.307 e. The van der Waals surface area contributed by atoms with E-state index in [9.17, 15) is 9.59 Å². The summed E-state index contributed by atoms with van der Waals surface area (Å²) in [5, 5.41) is 11.3.